The lowest BCUT2D eigenvalue weighted by molar-refractivity contribution is -0.00000630. The lowest BCUT2D eigenvalue weighted by Crippen LogP contribution is -3.00. The summed E-state index contributed by atoms with van der Waals surface area (Å²) in [5.74, 6) is 7.03. The van der Waals surface area contributed by atoms with Crippen molar-refractivity contribution in [3.05, 3.63) is 66.2 Å². The normalized spacial score (nSPS) is 11.3. The van der Waals surface area contributed by atoms with Gasteiger partial charge in [-0.2, -0.15) is 0 Å². The average molecular weight is 441 g/mol. The van der Waals surface area contributed by atoms with E-state index in [0.29, 0.717) is 0 Å². The van der Waals surface area contributed by atoms with Gasteiger partial charge in [-0.3, -0.25) is 0 Å². The van der Waals surface area contributed by atoms with Gasteiger partial charge in [-0.15, -0.1) is 0 Å². The van der Waals surface area contributed by atoms with Crippen LogP contribution in [0.1, 0.15) is 47.1 Å². The van der Waals surface area contributed by atoms with Crippen LogP contribution in [0.3, 0.4) is 0 Å². The lowest BCUT2D eigenvalue weighted by atomic mass is 9.99. The molecule has 0 bridgehead atoms. The molecule has 0 spiro atoms. The second-order valence-electron chi connectivity index (χ2n) is 8.76. The van der Waals surface area contributed by atoms with Crippen molar-refractivity contribution in [3.63, 3.8) is 0 Å². The SMILES string of the molecule is CC(C)(C)C#C[P+](C#CC(C)(C)C)(Cc1ccccc1)c1ccccc1.[Br-]. The van der Waals surface area contributed by atoms with Crippen molar-refractivity contribution in [2.24, 2.45) is 10.8 Å². The quantitative estimate of drug-likeness (QED) is 0.505. The largest absolute Gasteiger partial charge is 1.00 e. The first-order chi connectivity index (χ1) is 12.1. The van der Waals surface area contributed by atoms with Gasteiger partial charge in [0.2, 0.25) is 7.26 Å². The van der Waals surface area contributed by atoms with Crippen molar-refractivity contribution in [2.45, 2.75) is 47.7 Å². The molecule has 0 aromatic heterocycles. The first-order valence-electron chi connectivity index (χ1n) is 9.16. The molecule has 2 aromatic carbocycles. The molecule has 0 saturated heterocycles. The minimum Gasteiger partial charge on any atom is -1.00 e. The molecule has 0 saturated carbocycles. The van der Waals surface area contributed by atoms with E-state index < -0.39 is 7.26 Å². The maximum absolute atomic E-state index is 3.70. The average Bonchev–Trinajstić information content (AvgIpc) is 2.58. The molecule has 27 heavy (non-hydrogen) atoms. The fourth-order valence-electron chi connectivity index (χ4n) is 2.39. The highest BCUT2D eigenvalue weighted by molar-refractivity contribution is 7.91. The third-order valence-corrected chi connectivity index (χ3v) is 6.71. The molecule has 0 radical (unpaired) electrons. The molecule has 0 aliphatic rings. The van der Waals surface area contributed by atoms with Crippen LogP contribution in [0.4, 0.5) is 0 Å². The second-order valence-corrected chi connectivity index (χ2v) is 11.7. The van der Waals surface area contributed by atoms with Gasteiger partial charge in [0.05, 0.1) is 11.3 Å². The molecule has 0 fully saturated rings. The van der Waals surface area contributed by atoms with Gasteiger partial charge in [0.15, 0.2) is 0 Å². The zero-order chi connectivity index (χ0) is 19.3. The molecule has 2 aromatic rings. The number of halogens is 1. The van der Waals surface area contributed by atoms with E-state index >= 15 is 0 Å². The fourth-order valence-corrected chi connectivity index (χ4v) is 5.54. The predicted octanol–water partition coefficient (Wildman–Crippen LogP) is 3.55. The topological polar surface area (TPSA) is 0 Å². The molecule has 0 aliphatic carbocycles. The zero-order valence-electron chi connectivity index (χ0n) is 17.3. The van der Waals surface area contributed by atoms with Crippen molar-refractivity contribution >= 4 is 12.6 Å². The molecular formula is C25H30BrP. The molecule has 0 unspecified atom stereocenters. The van der Waals surface area contributed by atoms with E-state index in [4.69, 9.17) is 0 Å². The van der Waals surface area contributed by atoms with E-state index in [1.807, 2.05) is 0 Å². The lowest BCUT2D eigenvalue weighted by Gasteiger charge is -2.17. The Hall–Kier alpha value is -1.53. The Morgan fingerprint density at radius 2 is 1.07 bits per heavy atom. The predicted molar refractivity (Wildman–Crippen MR) is 118 cm³/mol. The minimum atomic E-state index is -1.99. The van der Waals surface area contributed by atoms with E-state index in [1.165, 1.54) is 10.9 Å². The summed E-state index contributed by atoms with van der Waals surface area (Å²) < 4.78 is 0. The van der Waals surface area contributed by atoms with Gasteiger partial charge >= 0.3 is 0 Å². The zero-order valence-corrected chi connectivity index (χ0v) is 19.8. The molecule has 0 heterocycles. The van der Waals surface area contributed by atoms with Crippen molar-refractivity contribution in [2.75, 3.05) is 0 Å². The highest BCUT2D eigenvalue weighted by Crippen LogP contribution is 2.59. The Morgan fingerprint density at radius 1 is 0.667 bits per heavy atom. The summed E-state index contributed by atoms with van der Waals surface area (Å²) in [7, 11) is -1.99. The van der Waals surface area contributed by atoms with Crippen LogP contribution in [0.25, 0.3) is 0 Å². The Balaban J connectivity index is 0.00000364. The molecule has 2 heteroatoms. The van der Waals surface area contributed by atoms with Gasteiger partial charge < -0.3 is 17.0 Å². The van der Waals surface area contributed by atoms with Crippen molar-refractivity contribution in [3.8, 4) is 23.2 Å². The summed E-state index contributed by atoms with van der Waals surface area (Å²) in [6, 6.07) is 21.3. The maximum Gasteiger partial charge on any atom is 0.205 e. The highest BCUT2D eigenvalue weighted by Gasteiger charge is 2.39. The van der Waals surface area contributed by atoms with Crippen LogP contribution < -0.4 is 22.3 Å². The third kappa shape index (κ3) is 7.93. The summed E-state index contributed by atoms with van der Waals surface area (Å²) >= 11 is 0. The van der Waals surface area contributed by atoms with E-state index in [0.717, 1.165) is 6.16 Å². The summed E-state index contributed by atoms with van der Waals surface area (Å²) in [5, 5.41) is 1.28. The van der Waals surface area contributed by atoms with Crippen LogP contribution in [0, 0.1) is 34.0 Å². The molecular weight excluding hydrogens is 411 g/mol. The summed E-state index contributed by atoms with van der Waals surface area (Å²) in [4.78, 5) is 0. The Labute approximate surface area is 177 Å². The first-order valence-corrected chi connectivity index (χ1v) is 11.1. The van der Waals surface area contributed by atoms with E-state index in [2.05, 4.69) is 125 Å². The molecule has 0 aliphatic heterocycles. The maximum atomic E-state index is 3.70. The van der Waals surface area contributed by atoms with Crippen LogP contribution in [0.15, 0.2) is 60.7 Å². The molecule has 0 atom stereocenters. The van der Waals surface area contributed by atoms with Crippen LogP contribution >= 0.6 is 7.26 Å². The van der Waals surface area contributed by atoms with Gasteiger partial charge in [-0.25, -0.2) is 0 Å². The van der Waals surface area contributed by atoms with Gasteiger partial charge in [0.25, 0.3) is 0 Å². The number of hydrogen-bond acceptors (Lipinski definition) is 0. The van der Waals surface area contributed by atoms with E-state index in [9.17, 15) is 0 Å². The smallest absolute Gasteiger partial charge is 0.205 e. The Morgan fingerprint density at radius 3 is 1.48 bits per heavy atom. The van der Waals surface area contributed by atoms with Crippen LogP contribution in [0.2, 0.25) is 0 Å². The van der Waals surface area contributed by atoms with Crippen LogP contribution in [-0.4, -0.2) is 0 Å². The molecule has 2 rings (SSSR count). The monoisotopic (exact) mass is 440 g/mol. The van der Waals surface area contributed by atoms with Crippen LogP contribution in [-0.2, 0) is 6.16 Å². The van der Waals surface area contributed by atoms with Crippen LogP contribution in [0.5, 0.6) is 0 Å². The molecule has 0 amide bonds. The van der Waals surface area contributed by atoms with E-state index in [-0.39, 0.29) is 27.8 Å². The van der Waals surface area contributed by atoms with Gasteiger partial charge in [0.1, 0.15) is 11.5 Å². The Bertz CT molecular complexity index is 800. The molecule has 142 valence electrons. The fraction of sp³-hybridized carbons (Fsp3) is 0.360. The van der Waals surface area contributed by atoms with E-state index in [1.54, 1.807) is 0 Å². The van der Waals surface area contributed by atoms with Crippen molar-refractivity contribution in [1.82, 2.24) is 0 Å². The first kappa shape index (κ1) is 23.5. The van der Waals surface area contributed by atoms with Crippen molar-refractivity contribution < 1.29 is 17.0 Å². The number of rotatable bonds is 3. The van der Waals surface area contributed by atoms with Crippen molar-refractivity contribution in [1.29, 1.82) is 0 Å². The number of hydrogen-bond donors (Lipinski definition) is 0. The molecule has 0 N–H and O–H groups in total. The summed E-state index contributed by atoms with van der Waals surface area (Å²) in [6.45, 7) is 13.0. The molecule has 0 nitrogen and oxygen atoms in total. The Kier molecular flexibility index (Phi) is 8.36. The third-order valence-electron chi connectivity index (χ3n) is 3.70. The van der Waals surface area contributed by atoms with Gasteiger partial charge in [0, 0.05) is 10.8 Å². The summed E-state index contributed by atoms with van der Waals surface area (Å²) in [6.07, 6.45) is 0.893. The standard InChI is InChI=1S/C25H30P.BrH/c1-24(2,3)17-19-26(20-18-25(4,5)6,23-15-11-8-12-16-23)21-22-13-9-7-10-14-22;/h7-16H,21H2,1-6H3;1H/q+1;/p-1. The van der Waals surface area contributed by atoms with Gasteiger partial charge in [-0.1, -0.05) is 60.4 Å². The van der Waals surface area contributed by atoms with Gasteiger partial charge in [-0.05, 0) is 59.2 Å². The number of benzene rings is 2. The minimum absolute atomic E-state index is 0. The second kappa shape index (κ2) is 9.60. The highest BCUT2D eigenvalue weighted by atomic mass is 79.9. The summed E-state index contributed by atoms with van der Waals surface area (Å²) in [5.41, 5.74) is 8.62.